The van der Waals surface area contributed by atoms with E-state index in [1.54, 1.807) is 164 Å². The molecule has 0 aromatic heterocycles. The number of hydrogen-bond acceptors (Lipinski definition) is 18. The molecule has 0 aliphatic carbocycles. The third-order valence-electron chi connectivity index (χ3n) is 17.6. The van der Waals surface area contributed by atoms with Crippen molar-refractivity contribution in [1.29, 1.82) is 0 Å². The second-order valence-electron chi connectivity index (χ2n) is 25.2. The second-order valence-corrected chi connectivity index (χ2v) is 32.3. The standard InChI is InChI=1S/C41H43NO8SSi.C35H29NO8S.2CH4/c1-26-21-23-29(24-22-26)51-40-33(42-36(43)30-19-13-14-20-31(30)37(42)44)35(49-39(46)28-17-11-8-12-18-28)34(50-52(5,6)41(2,3)4)32(48-40)25-47-38(45)27-15-9-7-10-16-27;1-21-16-18-24(19-17-21)45-35-28(36-31(38)25-14-8-9-15-26(25)32(36)39)30(44-34(41)23-12-6-3-7-13-23)29(37)27(43-35)20-42-33(40)22-10-4-2-5-11-22;;/h7-24,32-35,40H,25H2,1-6H3;2-19,27-30,35,37H,20H2,1H3;2*1H4. The van der Waals surface area contributed by atoms with E-state index in [0.29, 0.717) is 11.1 Å². The number of benzene rings is 8. The van der Waals surface area contributed by atoms with Gasteiger partial charge in [-0.2, -0.15) is 0 Å². The molecule has 1 N–H and O–H groups in total. The molecule has 4 aliphatic heterocycles. The number of aryl methyl sites for hydroxylation is 2. The van der Waals surface area contributed by atoms with Gasteiger partial charge in [-0.25, -0.2) is 19.2 Å². The van der Waals surface area contributed by atoms with Crippen molar-refractivity contribution in [2.45, 2.75) is 137 Å². The molecule has 0 bridgehead atoms. The first-order valence-electron chi connectivity index (χ1n) is 31.6. The second kappa shape index (κ2) is 32.1. The molecule has 4 aliphatic rings. The van der Waals surface area contributed by atoms with Crippen LogP contribution in [0.5, 0.6) is 0 Å². The molecule has 4 heterocycles. The van der Waals surface area contributed by atoms with Gasteiger partial charge in [0.15, 0.2) is 20.5 Å². The Morgan fingerprint density at radius 2 is 0.737 bits per heavy atom. The number of ether oxygens (including phenoxy) is 6. The lowest BCUT2D eigenvalue weighted by molar-refractivity contribution is -0.183. The van der Waals surface area contributed by atoms with Crippen LogP contribution in [0.15, 0.2) is 228 Å². The Bertz CT molecular complexity index is 4110. The molecule has 4 amide bonds. The maximum Gasteiger partial charge on any atom is 0.338 e. The highest BCUT2D eigenvalue weighted by molar-refractivity contribution is 8.00. The average molecular weight is 1390 g/mol. The molecule has 0 saturated carbocycles. The molecule has 2 fully saturated rings. The van der Waals surface area contributed by atoms with Gasteiger partial charge in [-0.05, 0) is 129 Å². The van der Waals surface area contributed by atoms with Crippen LogP contribution in [0.4, 0.5) is 0 Å². The van der Waals surface area contributed by atoms with Gasteiger partial charge in [-0.15, -0.1) is 0 Å². The molecule has 8 aromatic carbocycles. The number of rotatable bonds is 18. The van der Waals surface area contributed by atoms with E-state index in [4.69, 9.17) is 32.8 Å². The Labute approximate surface area is 586 Å². The molecular formula is C78H80N2O16S2Si. The normalized spacial score (nSPS) is 21.7. The van der Waals surface area contributed by atoms with E-state index in [1.807, 2.05) is 68.4 Å². The van der Waals surface area contributed by atoms with Gasteiger partial charge in [-0.3, -0.25) is 29.0 Å². The number of esters is 4. The fourth-order valence-corrected chi connectivity index (χ4v) is 15.0. The summed E-state index contributed by atoms with van der Waals surface area (Å²) in [6.45, 7) is 13.6. The van der Waals surface area contributed by atoms with Crippen LogP contribution in [-0.4, -0.2) is 144 Å². The molecule has 18 nitrogen and oxygen atoms in total. The minimum Gasteiger partial charge on any atom is -0.459 e. The Morgan fingerprint density at radius 3 is 1.09 bits per heavy atom. The highest BCUT2D eigenvalue weighted by atomic mass is 32.2. The van der Waals surface area contributed by atoms with E-state index in [1.165, 1.54) is 23.5 Å². The van der Waals surface area contributed by atoms with Crippen molar-refractivity contribution < 1.29 is 76.3 Å². The zero-order chi connectivity index (χ0) is 68.7. The highest BCUT2D eigenvalue weighted by Crippen LogP contribution is 2.46. The van der Waals surface area contributed by atoms with Crippen molar-refractivity contribution in [2.24, 2.45) is 0 Å². The maximum atomic E-state index is 14.3. The van der Waals surface area contributed by atoms with E-state index >= 15 is 0 Å². The first kappa shape index (κ1) is 73.9. The quantitative estimate of drug-likeness (QED) is 0.0364. The molecule has 21 heteroatoms. The lowest BCUT2D eigenvalue weighted by atomic mass is 9.96. The number of hydrogen-bond donors (Lipinski definition) is 1. The van der Waals surface area contributed by atoms with Gasteiger partial charge >= 0.3 is 23.9 Å². The molecule has 2 saturated heterocycles. The third kappa shape index (κ3) is 16.5. The average Bonchev–Trinajstić information content (AvgIpc) is 1.66. The number of aliphatic hydroxyl groups is 1. The monoisotopic (exact) mass is 1390 g/mol. The summed E-state index contributed by atoms with van der Waals surface area (Å²) >= 11 is 2.50. The van der Waals surface area contributed by atoms with Crippen LogP contribution in [0.1, 0.15) is 130 Å². The summed E-state index contributed by atoms with van der Waals surface area (Å²) in [5, 5.41) is 11.4. The van der Waals surface area contributed by atoms with E-state index in [2.05, 4.69) is 33.9 Å². The summed E-state index contributed by atoms with van der Waals surface area (Å²) in [5.74, 6) is -4.85. The number of carbonyl (C=O) groups excluding carboxylic acids is 8. The minimum atomic E-state index is -2.70. The third-order valence-corrected chi connectivity index (χ3v) is 24.4. The van der Waals surface area contributed by atoms with Crippen molar-refractivity contribution >= 4 is 79.3 Å². The minimum absolute atomic E-state index is 0. The van der Waals surface area contributed by atoms with Gasteiger partial charge in [0.1, 0.15) is 60.6 Å². The van der Waals surface area contributed by atoms with Crippen molar-refractivity contribution in [3.63, 3.8) is 0 Å². The predicted molar refractivity (Wildman–Crippen MR) is 379 cm³/mol. The van der Waals surface area contributed by atoms with Crippen molar-refractivity contribution in [3.8, 4) is 0 Å². The lowest BCUT2D eigenvalue weighted by Crippen LogP contribution is -2.68. The molecule has 99 heavy (non-hydrogen) atoms. The predicted octanol–water partition coefficient (Wildman–Crippen LogP) is 14.1. The number of nitrogens with zero attached hydrogens (tertiary/aromatic N) is 2. The van der Waals surface area contributed by atoms with Crippen molar-refractivity contribution in [3.05, 3.63) is 274 Å². The summed E-state index contributed by atoms with van der Waals surface area (Å²) < 4.78 is 44.1. The topological polar surface area (TPSA) is 228 Å². The zero-order valence-electron chi connectivity index (χ0n) is 54.3. The van der Waals surface area contributed by atoms with Crippen LogP contribution in [0.3, 0.4) is 0 Å². The van der Waals surface area contributed by atoms with Crippen LogP contribution in [0.2, 0.25) is 18.1 Å². The van der Waals surface area contributed by atoms with Gasteiger partial charge in [0, 0.05) is 9.79 Å². The van der Waals surface area contributed by atoms with Crippen LogP contribution < -0.4 is 0 Å². The smallest absolute Gasteiger partial charge is 0.338 e. The highest BCUT2D eigenvalue weighted by Gasteiger charge is 2.59. The maximum absolute atomic E-state index is 14.3. The molecule has 0 radical (unpaired) electrons. The fourth-order valence-electron chi connectivity index (χ4n) is 11.4. The number of fused-ring (bicyclic) bond motifs is 2. The first-order chi connectivity index (χ1) is 46.6. The molecule has 10 unspecified atom stereocenters. The molecule has 0 spiro atoms. The summed E-state index contributed by atoms with van der Waals surface area (Å²) in [5.41, 5.74) is 2.16. The Morgan fingerprint density at radius 1 is 0.434 bits per heavy atom. The van der Waals surface area contributed by atoms with Gasteiger partial charge in [-0.1, -0.05) is 192 Å². The Balaban J connectivity index is 0.000000229. The first-order valence-corrected chi connectivity index (χ1v) is 36.3. The van der Waals surface area contributed by atoms with Gasteiger partial charge < -0.3 is 38.0 Å². The Kier molecular flexibility index (Phi) is 24.0. The van der Waals surface area contributed by atoms with E-state index in [0.717, 1.165) is 30.7 Å². The largest absolute Gasteiger partial charge is 0.459 e. The summed E-state index contributed by atoms with van der Waals surface area (Å²) in [6, 6.07) is 59.7. The van der Waals surface area contributed by atoms with Crippen LogP contribution in [-0.2, 0) is 32.8 Å². The molecule has 514 valence electrons. The van der Waals surface area contributed by atoms with E-state index < -0.39 is 115 Å². The summed E-state index contributed by atoms with van der Waals surface area (Å²) in [7, 11) is -2.70. The summed E-state index contributed by atoms with van der Waals surface area (Å²) in [6.07, 6.45) is -7.39. The van der Waals surface area contributed by atoms with Crippen molar-refractivity contribution in [2.75, 3.05) is 13.2 Å². The van der Waals surface area contributed by atoms with E-state index in [-0.39, 0.29) is 66.5 Å². The number of aliphatic hydroxyl groups excluding tert-OH is 1. The van der Waals surface area contributed by atoms with Gasteiger partial charge in [0.2, 0.25) is 0 Å². The van der Waals surface area contributed by atoms with Crippen LogP contribution >= 0.6 is 23.5 Å². The van der Waals surface area contributed by atoms with Crippen molar-refractivity contribution in [1.82, 2.24) is 9.80 Å². The Hall–Kier alpha value is -9.32. The lowest BCUT2D eigenvalue weighted by Gasteiger charge is -2.51. The number of amides is 4. The number of imide groups is 2. The fraction of sp³-hybridized carbons (Fsp3) is 0.282. The molecule has 10 atom stereocenters. The van der Waals surface area contributed by atoms with Crippen LogP contribution in [0, 0.1) is 13.8 Å². The molecule has 12 rings (SSSR count). The van der Waals surface area contributed by atoms with Crippen LogP contribution in [0.25, 0.3) is 0 Å². The molecular weight excluding hydrogens is 1310 g/mol. The zero-order valence-corrected chi connectivity index (χ0v) is 56.9. The number of thioether (sulfide) groups is 2. The van der Waals surface area contributed by atoms with Gasteiger partial charge in [0.25, 0.3) is 23.6 Å². The van der Waals surface area contributed by atoms with Gasteiger partial charge in [0.05, 0.1) is 44.5 Å². The number of carbonyl (C=O) groups is 8. The van der Waals surface area contributed by atoms with E-state index in [9.17, 15) is 43.5 Å². The summed E-state index contributed by atoms with van der Waals surface area (Å²) in [4.78, 5) is 113. The SMILES string of the molecule is C.C.Cc1ccc(SC2OC(COC(=O)c3ccccc3)C(O)C(OC(=O)c3ccccc3)C2N2C(=O)c3ccccc3C2=O)cc1.Cc1ccc(SC2OC(COC(=O)c3ccccc3)C(O[Si](C)(C)C(C)(C)C)C(OC(=O)c3ccccc3)C2N2C(=O)c3ccccc3C2=O)cc1. The molecule has 8 aromatic rings.